The Morgan fingerprint density at radius 2 is 1.83 bits per heavy atom. The van der Waals surface area contributed by atoms with Gasteiger partial charge in [-0.3, -0.25) is 9.79 Å². The van der Waals surface area contributed by atoms with E-state index in [4.69, 9.17) is 0 Å². The van der Waals surface area contributed by atoms with Crippen LogP contribution in [-0.4, -0.2) is 17.8 Å². The Hall–Kier alpha value is -1.16. The second-order valence-electron chi connectivity index (χ2n) is 5.08. The topological polar surface area (TPSA) is 41.5 Å². The normalized spacial score (nSPS) is 19.1. The average molecular weight is 309 g/mol. The van der Waals surface area contributed by atoms with Gasteiger partial charge in [0.2, 0.25) is 0 Å². The molecule has 1 aliphatic rings. The molecule has 18 heavy (non-hydrogen) atoms. The minimum atomic E-state index is -0.260. The molecule has 0 saturated carbocycles. The molecule has 1 aromatic carbocycles. The first-order chi connectivity index (χ1) is 8.40. The van der Waals surface area contributed by atoms with E-state index in [0.29, 0.717) is 5.84 Å². The summed E-state index contributed by atoms with van der Waals surface area (Å²) in [6.07, 6.45) is 0. The fourth-order valence-electron chi connectivity index (χ4n) is 2.10. The van der Waals surface area contributed by atoms with E-state index in [1.165, 1.54) is 0 Å². The van der Waals surface area contributed by atoms with Crippen LogP contribution in [0.3, 0.4) is 0 Å². The van der Waals surface area contributed by atoms with Gasteiger partial charge in [0, 0.05) is 10.0 Å². The third-order valence-electron chi connectivity index (χ3n) is 3.12. The highest BCUT2D eigenvalue weighted by Gasteiger charge is 2.29. The fourth-order valence-corrected chi connectivity index (χ4v) is 2.33. The smallest absolute Gasteiger partial charge is 0.250 e. The van der Waals surface area contributed by atoms with Gasteiger partial charge < -0.3 is 5.32 Å². The van der Waals surface area contributed by atoms with E-state index in [9.17, 15) is 4.79 Å². The van der Waals surface area contributed by atoms with E-state index >= 15 is 0 Å². The molecule has 0 radical (unpaired) electrons. The van der Waals surface area contributed by atoms with E-state index < -0.39 is 0 Å². The summed E-state index contributed by atoms with van der Waals surface area (Å²) in [7, 11) is 0. The van der Waals surface area contributed by atoms with Crippen molar-refractivity contribution in [2.45, 2.75) is 33.7 Å². The van der Waals surface area contributed by atoms with Crippen molar-refractivity contribution in [1.29, 1.82) is 0 Å². The number of nitrogens with zero attached hydrogens (tertiary/aromatic N) is 1. The molecule has 0 spiro atoms. The van der Waals surface area contributed by atoms with Gasteiger partial charge in [-0.2, -0.15) is 0 Å². The van der Waals surface area contributed by atoms with Gasteiger partial charge >= 0.3 is 0 Å². The number of rotatable bonds is 2. The largest absolute Gasteiger partial charge is 0.309 e. The molecule has 1 heterocycles. The number of benzene rings is 1. The van der Waals surface area contributed by atoms with Gasteiger partial charge in [0.15, 0.2) is 0 Å². The van der Waals surface area contributed by atoms with Crippen LogP contribution in [0.1, 0.15) is 30.5 Å². The van der Waals surface area contributed by atoms with Crippen LogP contribution < -0.4 is 5.32 Å². The highest BCUT2D eigenvalue weighted by atomic mass is 79.9. The van der Waals surface area contributed by atoms with E-state index in [0.717, 1.165) is 21.2 Å². The van der Waals surface area contributed by atoms with Crippen molar-refractivity contribution in [3.63, 3.8) is 0 Å². The van der Waals surface area contributed by atoms with Crippen molar-refractivity contribution in [3.05, 3.63) is 33.3 Å². The molecule has 96 valence electrons. The summed E-state index contributed by atoms with van der Waals surface area (Å²) < 4.78 is 1.11. The summed E-state index contributed by atoms with van der Waals surface area (Å²) in [5.74, 6) is 0.913. The lowest BCUT2D eigenvalue weighted by atomic mass is 10.1. The van der Waals surface area contributed by atoms with Gasteiger partial charge in [-0.1, -0.05) is 29.8 Å². The lowest BCUT2D eigenvalue weighted by Gasteiger charge is -2.07. The number of hydrogen-bond donors (Lipinski definition) is 1. The monoisotopic (exact) mass is 308 g/mol. The SMILES string of the molecule is Cc1cc(C2=NC(C(C)C)C(=O)N2)cc(C)c1Br. The Balaban J connectivity index is 2.39. The highest BCUT2D eigenvalue weighted by molar-refractivity contribution is 9.10. The molecule has 0 aliphatic carbocycles. The van der Waals surface area contributed by atoms with Crippen LogP contribution in [0.5, 0.6) is 0 Å². The number of amidine groups is 1. The van der Waals surface area contributed by atoms with Crippen LogP contribution in [0.2, 0.25) is 0 Å². The maximum Gasteiger partial charge on any atom is 0.250 e. The Kier molecular flexibility index (Phi) is 3.57. The number of halogens is 1. The van der Waals surface area contributed by atoms with Gasteiger partial charge in [-0.05, 0) is 43.0 Å². The molecule has 3 nitrogen and oxygen atoms in total. The molecule has 0 fully saturated rings. The summed E-state index contributed by atoms with van der Waals surface area (Å²) in [6.45, 7) is 8.10. The quantitative estimate of drug-likeness (QED) is 0.896. The van der Waals surface area contributed by atoms with Crippen LogP contribution >= 0.6 is 15.9 Å². The van der Waals surface area contributed by atoms with Gasteiger partial charge in [-0.15, -0.1) is 0 Å². The first-order valence-electron chi connectivity index (χ1n) is 6.06. The minimum Gasteiger partial charge on any atom is -0.309 e. The molecule has 1 unspecified atom stereocenters. The number of amides is 1. The molecule has 1 N–H and O–H groups in total. The molecule has 4 heteroatoms. The Labute approximate surface area is 116 Å². The van der Waals surface area contributed by atoms with Gasteiger partial charge in [0.1, 0.15) is 11.9 Å². The number of nitrogens with one attached hydrogen (secondary N) is 1. The third-order valence-corrected chi connectivity index (χ3v) is 4.37. The van der Waals surface area contributed by atoms with Crippen LogP contribution in [0.25, 0.3) is 0 Å². The zero-order chi connectivity index (χ0) is 13.4. The van der Waals surface area contributed by atoms with Crippen molar-refractivity contribution in [2.24, 2.45) is 10.9 Å². The predicted octanol–water partition coefficient (Wildman–Crippen LogP) is 2.97. The van der Waals surface area contributed by atoms with Gasteiger partial charge in [-0.25, -0.2) is 0 Å². The van der Waals surface area contributed by atoms with Crippen LogP contribution in [0, 0.1) is 19.8 Å². The summed E-state index contributed by atoms with van der Waals surface area (Å²) in [5, 5.41) is 2.87. The molecule has 0 aromatic heterocycles. The van der Waals surface area contributed by atoms with Gasteiger partial charge in [0.25, 0.3) is 5.91 Å². The zero-order valence-electron chi connectivity index (χ0n) is 11.0. The number of hydrogen-bond acceptors (Lipinski definition) is 2. The molecule has 0 bridgehead atoms. The molecule has 1 aromatic rings. The number of carbonyl (C=O) groups excluding carboxylic acids is 1. The van der Waals surface area contributed by atoms with E-state index in [1.54, 1.807) is 0 Å². The molecule has 1 aliphatic heterocycles. The Morgan fingerprint density at radius 1 is 1.28 bits per heavy atom. The average Bonchev–Trinajstić information content (AvgIpc) is 2.67. The van der Waals surface area contributed by atoms with Crippen molar-refractivity contribution >= 4 is 27.7 Å². The van der Waals surface area contributed by atoms with Crippen LogP contribution in [0.4, 0.5) is 0 Å². The summed E-state index contributed by atoms with van der Waals surface area (Å²) >= 11 is 3.54. The molecule has 0 saturated heterocycles. The Morgan fingerprint density at radius 3 is 2.28 bits per heavy atom. The number of aliphatic imine (C=N–C) groups is 1. The fraction of sp³-hybridized carbons (Fsp3) is 0.429. The lowest BCUT2D eigenvalue weighted by molar-refractivity contribution is -0.120. The second-order valence-corrected chi connectivity index (χ2v) is 5.87. The van der Waals surface area contributed by atoms with E-state index in [2.05, 4.69) is 26.2 Å². The standard InChI is InChI=1S/C14H17BrN2O/c1-7(2)12-14(18)17-13(16-12)10-5-8(3)11(15)9(4)6-10/h5-7,12H,1-4H3,(H,16,17,18). The number of carbonyl (C=O) groups is 1. The number of aryl methyl sites for hydroxylation is 2. The first kappa shape index (κ1) is 13.3. The lowest BCUT2D eigenvalue weighted by Crippen LogP contribution is -2.31. The summed E-state index contributed by atoms with van der Waals surface area (Å²) in [6, 6.07) is 3.82. The van der Waals surface area contributed by atoms with E-state index in [-0.39, 0.29) is 17.9 Å². The predicted molar refractivity (Wildman–Crippen MR) is 76.9 cm³/mol. The van der Waals surface area contributed by atoms with Crippen LogP contribution in [0.15, 0.2) is 21.6 Å². The summed E-state index contributed by atoms with van der Waals surface area (Å²) in [4.78, 5) is 16.3. The second kappa shape index (κ2) is 4.84. The van der Waals surface area contributed by atoms with Crippen molar-refractivity contribution < 1.29 is 4.79 Å². The van der Waals surface area contributed by atoms with Crippen molar-refractivity contribution in [1.82, 2.24) is 5.32 Å². The van der Waals surface area contributed by atoms with E-state index in [1.807, 2.05) is 39.8 Å². The first-order valence-corrected chi connectivity index (χ1v) is 6.85. The molecule has 2 rings (SSSR count). The van der Waals surface area contributed by atoms with Crippen LogP contribution in [-0.2, 0) is 4.79 Å². The van der Waals surface area contributed by atoms with Crippen molar-refractivity contribution in [3.8, 4) is 0 Å². The molecular formula is C14H17BrN2O. The van der Waals surface area contributed by atoms with Crippen molar-refractivity contribution in [2.75, 3.05) is 0 Å². The van der Waals surface area contributed by atoms with Gasteiger partial charge in [0.05, 0.1) is 0 Å². The molecule has 1 amide bonds. The third kappa shape index (κ3) is 2.34. The Bertz CT molecular complexity index is 512. The maximum atomic E-state index is 11.8. The highest BCUT2D eigenvalue weighted by Crippen LogP contribution is 2.24. The minimum absolute atomic E-state index is 0.00164. The molecule has 1 atom stereocenters. The molecular weight excluding hydrogens is 292 g/mol. The maximum absolute atomic E-state index is 11.8. The zero-order valence-corrected chi connectivity index (χ0v) is 12.6. The summed E-state index contributed by atoms with van der Waals surface area (Å²) in [5.41, 5.74) is 3.27.